The summed E-state index contributed by atoms with van der Waals surface area (Å²) in [5, 5.41) is 7.16. The molecule has 9 nitrogen and oxygen atoms in total. The van der Waals surface area contributed by atoms with E-state index in [-0.39, 0.29) is 35.4 Å². The minimum atomic E-state index is -3.97. The van der Waals surface area contributed by atoms with Crippen molar-refractivity contribution in [3.63, 3.8) is 0 Å². The van der Waals surface area contributed by atoms with Crippen LogP contribution in [0, 0.1) is 6.92 Å². The second-order valence-corrected chi connectivity index (χ2v) is 9.31. The summed E-state index contributed by atoms with van der Waals surface area (Å²) >= 11 is 0. The summed E-state index contributed by atoms with van der Waals surface area (Å²) < 4.78 is 35.7. The van der Waals surface area contributed by atoms with Crippen LogP contribution < -0.4 is 14.8 Å². The Morgan fingerprint density at radius 3 is 2.64 bits per heavy atom. The summed E-state index contributed by atoms with van der Waals surface area (Å²) in [4.78, 5) is 24.8. The average molecular weight is 469 g/mol. The number of methoxy groups -OCH3 is 1. The lowest BCUT2D eigenvalue weighted by Crippen LogP contribution is -2.15. The first-order valence-electron chi connectivity index (χ1n) is 10.5. The number of aryl methyl sites for hydroxylation is 2. The maximum atomic E-state index is 13.3. The highest BCUT2D eigenvalue weighted by Crippen LogP contribution is 2.36. The molecule has 1 aliphatic rings. The number of benzene rings is 2. The predicted molar refractivity (Wildman–Crippen MR) is 124 cm³/mol. The molecule has 0 radical (unpaired) electrons. The van der Waals surface area contributed by atoms with Crippen molar-refractivity contribution in [2.75, 3.05) is 17.1 Å². The molecule has 0 saturated heterocycles. The topological polar surface area (TPSA) is 119 Å². The number of rotatable bonds is 6. The molecule has 0 aliphatic carbocycles. The number of anilines is 2. The number of nitrogens with zero attached hydrogens (tertiary/aromatic N) is 2. The van der Waals surface area contributed by atoms with Gasteiger partial charge >= 0.3 is 0 Å². The molecule has 172 valence electrons. The molecule has 1 aliphatic heterocycles. The van der Waals surface area contributed by atoms with Gasteiger partial charge < -0.3 is 10.1 Å². The molecule has 1 amide bonds. The van der Waals surface area contributed by atoms with Gasteiger partial charge in [0.2, 0.25) is 11.8 Å². The Morgan fingerprint density at radius 1 is 1.15 bits per heavy atom. The lowest BCUT2D eigenvalue weighted by molar-refractivity contribution is -0.116. The summed E-state index contributed by atoms with van der Waals surface area (Å²) in [7, 11) is -2.51. The number of hydrogen-bond donors (Lipinski definition) is 2. The number of carbonyl (C=O) groups excluding carboxylic acids is 2. The smallest absolute Gasteiger partial charge is 0.262 e. The molecule has 0 atom stereocenters. The summed E-state index contributed by atoms with van der Waals surface area (Å²) in [6.45, 7) is 3.58. The van der Waals surface area contributed by atoms with Crippen LogP contribution in [0.1, 0.15) is 35.8 Å². The highest BCUT2D eigenvalue weighted by molar-refractivity contribution is 7.92. The normalized spacial score (nSPS) is 13.8. The molecule has 2 heterocycles. The number of hydrogen-bond acceptors (Lipinski definition) is 6. The summed E-state index contributed by atoms with van der Waals surface area (Å²) in [6, 6.07) is 11.7. The van der Waals surface area contributed by atoms with Gasteiger partial charge in [0.1, 0.15) is 11.6 Å². The zero-order valence-corrected chi connectivity index (χ0v) is 19.3. The van der Waals surface area contributed by atoms with Gasteiger partial charge in [-0.05, 0) is 42.7 Å². The monoisotopic (exact) mass is 468 g/mol. The molecule has 1 aromatic heterocycles. The van der Waals surface area contributed by atoms with Gasteiger partial charge in [0.15, 0.2) is 0 Å². The van der Waals surface area contributed by atoms with Gasteiger partial charge in [-0.2, -0.15) is 9.78 Å². The molecule has 33 heavy (non-hydrogen) atoms. The number of carbonyl (C=O) groups is 2. The van der Waals surface area contributed by atoms with Crippen molar-refractivity contribution in [2.45, 2.75) is 38.0 Å². The van der Waals surface area contributed by atoms with Gasteiger partial charge in [-0.15, -0.1) is 0 Å². The van der Waals surface area contributed by atoms with E-state index in [0.717, 1.165) is 0 Å². The van der Waals surface area contributed by atoms with Crippen molar-refractivity contribution in [1.29, 1.82) is 0 Å². The molecule has 0 spiro atoms. The highest BCUT2D eigenvalue weighted by Gasteiger charge is 2.28. The number of nitrogens with one attached hydrogen (secondary N) is 2. The second kappa shape index (κ2) is 8.70. The third-order valence-corrected chi connectivity index (χ3v) is 6.98. The van der Waals surface area contributed by atoms with Gasteiger partial charge in [-0.3, -0.25) is 14.3 Å². The Labute approximate surface area is 191 Å². The zero-order chi connectivity index (χ0) is 23.8. The van der Waals surface area contributed by atoms with Crippen LogP contribution >= 0.6 is 0 Å². The van der Waals surface area contributed by atoms with Crippen molar-refractivity contribution in [3.05, 3.63) is 53.7 Å². The Balaban J connectivity index is 1.83. The maximum absolute atomic E-state index is 13.3. The fourth-order valence-corrected chi connectivity index (χ4v) is 5.15. The number of amides is 1. The molecule has 2 aromatic carbocycles. The largest absolute Gasteiger partial charge is 0.495 e. The van der Waals surface area contributed by atoms with E-state index in [1.54, 1.807) is 43.3 Å². The van der Waals surface area contributed by atoms with Gasteiger partial charge in [-0.25, -0.2) is 8.42 Å². The number of para-hydroxylation sites is 2. The summed E-state index contributed by atoms with van der Waals surface area (Å²) in [5.41, 5.74) is 2.52. The first-order valence-corrected chi connectivity index (χ1v) is 11.9. The van der Waals surface area contributed by atoms with E-state index in [2.05, 4.69) is 15.1 Å². The lowest BCUT2D eigenvalue weighted by atomic mass is 10.0. The van der Waals surface area contributed by atoms with Crippen molar-refractivity contribution in [1.82, 2.24) is 9.78 Å². The van der Waals surface area contributed by atoms with E-state index < -0.39 is 10.0 Å². The van der Waals surface area contributed by atoms with Crippen LogP contribution in [-0.2, 0) is 21.2 Å². The van der Waals surface area contributed by atoms with Gasteiger partial charge in [0, 0.05) is 18.4 Å². The molecule has 0 unspecified atom stereocenters. The Morgan fingerprint density at radius 2 is 1.91 bits per heavy atom. The fourth-order valence-electron chi connectivity index (χ4n) is 3.80. The van der Waals surface area contributed by atoms with E-state index in [0.29, 0.717) is 40.2 Å². The minimum Gasteiger partial charge on any atom is -0.495 e. The minimum absolute atomic E-state index is 0.0550. The fraction of sp³-hybridized carbons (Fsp3) is 0.261. The summed E-state index contributed by atoms with van der Waals surface area (Å²) in [5.74, 6) is 0.0846. The maximum Gasteiger partial charge on any atom is 0.262 e. The van der Waals surface area contributed by atoms with Crippen LogP contribution in [0.15, 0.2) is 47.4 Å². The van der Waals surface area contributed by atoms with Crippen LogP contribution in [0.3, 0.4) is 0 Å². The third-order valence-electron chi connectivity index (χ3n) is 5.47. The Kier molecular flexibility index (Phi) is 5.94. The van der Waals surface area contributed by atoms with E-state index in [1.807, 2.05) is 6.92 Å². The quantitative estimate of drug-likeness (QED) is 0.570. The lowest BCUT2D eigenvalue weighted by Gasteiger charge is -2.15. The van der Waals surface area contributed by atoms with Crippen LogP contribution in [0.25, 0.3) is 11.1 Å². The average Bonchev–Trinajstić information content (AvgIpc) is 3.09. The van der Waals surface area contributed by atoms with Gasteiger partial charge in [0.25, 0.3) is 10.0 Å². The molecular weight excluding hydrogens is 444 g/mol. The molecule has 0 saturated carbocycles. The SMILES string of the molecule is CCc1nn2c(c1-c1ccc(C)c(S(=O)(=O)Nc3ccccc3OC)c1)NC(=O)CCC2=O. The molecule has 3 aromatic rings. The Bertz CT molecular complexity index is 1360. The molecular formula is C23H24N4O5S. The number of ether oxygens (including phenoxy) is 1. The zero-order valence-electron chi connectivity index (χ0n) is 18.5. The molecule has 4 rings (SSSR count). The number of aromatic nitrogens is 2. The van der Waals surface area contributed by atoms with E-state index in [9.17, 15) is 18.0 Å². The van der Waals surface area contributed by atoms with Crippen molar-refractivity contribution in [2.24, 2.45) is 0 Å². The van der Waals surface area contributed by atoms with E-state index >= 15 is 0 Å². The standard InChI is InChI=1S/C23H24N4O5S/c1-4-16-22(23-24-20(28)11-12-21(29)27(23)25-16)15-10-9-14(2)19(13-15)33(30,31)26-17-7-5-6-8-18(17)32-3/h5-10,13,26H,4,11-12H2,1-3H3,(H,24,28). The molecule has 2 N–H and O–H groups in total. The Hall–Kier alpha value is -3.66. The molecule has 10 heteroatoms. The molecule has 0 fully saturated rings. The van der Waals surface area contributed by atoms with Gasteiger partial charge in [-0.1, -0.05) is 31.2 Å². The third kappa shape index (κ3) is 4.21. The first-order chi connectivity index (χ1) is 15.7. The molecule has 0 bridgehead atoms. The van der Waals surface area contributed by atoms with Gasteiger partial charge in [0.05, 0.1) is 23.4 Å². The number of fused-ring (bicyclic) bond motifs is 1. The van der Waals surface area contributed by atoms with Crippen LogP contribution in [0.4, 0.5) is 11.5 Å². The predicted octanol–water partition coefficient (Wildman–Crippen LogP) is 3.60. The van der Waals surface area contributed by atoms with E-state index in [4.69, 9.17) is 4.74 Å². The highest BCUT2D eigenvalue weighted by atomic mass is 32.2. The summed E-state index contributed by atoms with van der Waals surface area (Å²) in [6.07, 6.45) is 0.618. The van der Waals surface area contributed by atoms with Crippen LogP contribution in [0.5, 0.6) is 5.75 Å². The second-order valence-electron chi connectivity index (χ2n) is 7.66. The van der Waals surface area contributed by atoms with E-state index in [1.165, 1.54) is 17.9 Å². The van der Waals surface area contributed by atoms with Crippen molar-refractivity contribution < 1.29 is 22.7 Å². The first kappa shape index (κ1) is 22.5. The number of sulfonamides is 1. The van der Waals surface area contributed by atoms with Crippen molar-refractivity contribution in [3.8, 4) is 16.9 Å². The van der Waals surface area contributed by atoms with Crippen LogP contribution in [0.2, 0.25) is 0 Å². The van der Waals surface area contributed by atoms with Crippen LogP contribution in [-0.4, -0.2) is 37.1 Å². The van der Waals surface area contributed by atoms with Crippen molar-refractivity contribution >= 4 is 33.3 Å².